The average molecular weight is 338 g/mol. The molecule has 1 aromatic heterocycles. The predicted molar refractivity (Wildman–Crippen MR) is 93.3 cm³/mol. The van der Waals surface area contributed by atoms with Gasteiger partial charge in [0.2, 0.25) is 5.91 Å². The van der Waals surface area contributed by atoms with E-state index in [-0.39, 0.29) is 24.1 Å². The lowest BCUT2D eigenvalue weighted by Crippen LogP contribution is -2.35. The minimum Gasteiger partial charge on any atom is -0.497 e. The molecule has 0 saturated carbocycles. The second-order valence-electron chi connectivity index (χ2n) is 5.63. The van der Waals surface area contributed by atoms with Gasteiger partial charge in [0.25, 0.3) is 5.56 Å². The molecular weight excluding hydrogens is 320 g/mol. The number of amides is 1. The summed E-state index contributed by atoms with van der Waals surface area (Å²) >= 11 is 0. The number of ether oxygens (including phenoxy) is 1. The van der Waals surface area contributed by atoms with Crippen LogP contribution in [0.4, 0.5) is 0 Å². The molecule has 0 fully saturated rings. The lowest BCUT2D eigenvalue weighted by atomic mass is 10.1. The maximum absolute atomic E-state index is 12.4. The second kappa shape index (κ2) is 7.12. The zero-order valence-electron chi connectivity index (χ0n) is 14.0. The molecule has 3 aromatic rings. The number of nitrogens with zero attached hydrogens (tertiary/aromatic N) is 3. The van der Waals surface area contributed by atoms with Crippen LogP contribution in [0.5, 0.6) is 5.75 Å². The maximum atomic E-state index is 12.4. The fourth-order valence-electron chi connectivity index (χ4n) is 2.53. The van der Waals surface area contributed by atoms with Gasteiger partial charge < -0.3 is 10.1 Å². The van der Waals surface area contributed by atoms with Gasteiger partial charge in [0.05, 0.1) is 18.5 Å². The number of methoxy groups -OCH3 is 1. The van der Waals surface area contributed by atoms with Crippen molar-refractivity contribution in [2.24, 2.45) is 0 Å². The largest absolute Gasteiger partial charge is 0.497 e. The molecule has 0 aliphatic heterocycles. The van der Waals surface area contributed by atoms with Gasteiger partial charge in [-0.1, -0.05) is 29.5 Å². The van der Waals surface area contributed by atoms with Crippen molar-refractivity contribution >= 4 is 16.8 Å². The van der Waals surface area contributed by atoms with Crippen molar-refractivity contribution in [3.8, 4) is 5.75 Å². The molecule has 3 rings (SSSR count). The smallest absolute Gasteiger partial charge is 0.278 e. The molecule has 0 spiro atoms. The number of aromatic nitrogens is 3. The van der Waals surface area contributed by atoms with Crippen molar-refractivity contribution in [2.45, 2.75) is 19.5 Å². The van der Waals surface area contributed by atoms with E-state index >= 15 is 0 Å². The van der Waals surface area contributed by atoms with E-state index in [0.717, 1.165) is 16.0 Å². The normalized spacial score (nSPS) is 11.9. The molecule has 0 bridgehead atoms. The Bertz CT molecular complexity index is 950. The van der Waals surface area contributed by atoms with E-state index < -0.39 is 0 Å². The molecule has 7 nitrogen and oxygen atoms in total. The molecule has 1 N–H and O–H groups in total. The van der Waals surface area contributed by atoms with Gasteiger partial charge in [-0.15, -0.1) is 5.10 Å². The van der Waals surface area contributed by atoms with Crippen LogP contribution in [-0.4, -0.2) is 28.0 Å². The van der Waals surface area contributed by atoms with Crippen LogP contribution < -0.4 is 15.6 Å². The van der Waals surface area contributed by atoms with Crippen LogP contribution in [0, 0.1) is 0 Å². The highest BCUT2D eigenvalue weighted by Crippen LogP contribution is 2.17. The van der Waals surface area contributed by atoms with Crippen molar-refractivity contribution in [1.29, 1.82) is 0 Å². The summed E-state index contributed by atoms with van der Waals surface area (Å²) in [6.45, 7) is 1.69. The predicted octanol–water partition coefficient (Wildman–Crippen LogP) is 1.68. The van der Waals surface area contributed by atoms with Crippen LogP contribution in [0.15, 0.2) is 53.3 Å². The number of carbonyl (C=O) groups excluding carboxylic acids is 1. The van der Waals surface area contributed by atoms with E-state index in [1.165, 1.54) is 0 Å². The molecule has 7 heteroatoms. The second-order valence-corrected chi connectivity index (χ2v) is 5.63. The number of fused-ring (bicyclic) bond motifs is 1. The Morgan fingerprint density at radius 3 is 2.64 bits per heavy atom. The SMILES string of the molecule is COc1ccc(C(C)NC(=O)Cn2nnc3ccccc3c2=O)cc1. The summed E-state index contributed by atoms with van der Waals surface area (Å²) in [6, 6.07) is 14.1. The van der Waals surface area contributed by atoms with Crippen LogP contribution >= 0.6 is 0 Å². The monoisotopic (exact) mass is 338 g/mol. The fraction of sp³-hybridized carbons (Fsp3) is 0.222. The number of benzene rings is 2. The lowest BCUT2D eigenvalue weighted by molar-refractivity contribution is -0.122. The van der Waals surface area contributed by atoms with Crippen molar-refractivity contribution in [3.05, 3.63) is 64.4 Å². The quantitative estimate of drug-likeness (QED) is 0.765. The molecule has 0 saturated heterocycles. The highest BCUT2D eigenvalue weighted by molar-refractivity contribution is 5.78. The Kier molecular flexibility index (Phi) is 4.74. The molecule has 1 heterocycles. The molecule has 0 radical (unpaired) electrons. The van der Waals surface area contributed by atoms with Crippen LogP contribution in [-0.2, 0) is 11.3 Å². The van der Waals surface area contributed by atoms with Gasteiger partial charge in [0.15, 0.2) is 0 Å². The number of carbonyl (C=O) groups is 1. The summed E-state index contributed by atoms with van der Waals surface area (Å²) in [5, 5.41) is 11.1. The Morgan fingerprint density at radius 1 is 1.20 bits per heavy atom. The van der Waals surface area contributed by atoms with E-state index in [2.05, 4.69) is 15.6 Å². The van der Waals surface area contributed by atoms with Gasteiger partial charge in [-0.2, -0.15) is 0 Å². The summed E-state index contributed by atoms with van der Waals surface area (Å²) < 4.78 is 6.18. The fourth-order valence-corrected chi connectivity index (χ4v) is 2.53. The number of hydrogen-bond donors (Lipinski definition) is 1. The third kappa shape index (κ3) is 3.65. The third-order valence-corrected chi connectivity index (χ3v) is 3.92. The number of nitrogens with one attached hydrogen (secondary N) is 1. The Labute approximate surface area is 144 Å². The summed E-state index contributed by atoms with van der Waals surface area (Å²) in [4.78, 5) is 24.6. The summed E-state index contributed by atoms with van der Waals surface area (Å²) in [5.41, 5.74) is 1.11. The molecule has 0 aliphatic carbocycles. The highest BCUT2D eigenvalue weighted by Gasteiger charge is 2.13. The number of rotatable bonds is 5. The molecule has 128 valence electrons. The van der Waals surface area contributed by atoms with Crippen molar-refractivity contribution in [3.63, 3.8) is 0 Å². The lowest BCUT2D eigenvalue weighted by Gasteiger charge is -2.15. The third-order valence-electron chi connectivity index (χ3n) is 3.92. The standard InChI is InChI=1S/C18H18N4O3/c1-12(13-7-9-14(25-2)10-8-13)19-17(23)11-22-18(24)15-5-3-4-6-16(15)20-21-22/h3-10,12H,11H2,1-2H3,(H,19,23). The minimum atomic E-state index is -0.335. The first kappa shape index (κ1) is 16.6. The summed E-state index contributed by atoms with van der Waals surface area (Å²) in [5.74, 6) is 0.440. The van der Waals surface area contributed by atoms with Gasteiger partial charge in [-0.05, 0) is 36.8 Å². The van der Waals surface area contributed by atoms with Crippen LogP contribution in [0.3, 0.4) is 0 Å². The van der Waals surface area contributed by atoms with Crippen LogP contribution in [0.2, 0.25) is 0 Å². The van der Waals surface area contributed by atoms with Gasteiger partial charge >= 0.3 is 0 Å². The van der Waals surface area contributed by atoms with E-state index in [1.807, 2.05) is 31.2 Å². The molecule has 0 aliphatic rings. The van der Waals surface area contributed by atoms with Gasteiger partial charge in [0.1, 0.15) is 17.8 Å². The zero-order chi connectivity index (χ0) is 17.8. The van der Waals surface area contributed by atoms with E-state index in [9.17, 15) is 9.59 Å². The van der Waals surface area contributed by atoms with Gasteiger partial charge in [-0.3, -0.25) is 9.59 Å². The van der Waals surface area contributed by atoms with E-state index in [0.29, 0.717) is 10.9 Å². The first-order valence-electron chi connectivity index (χ1n) is 7.84. The zero-order valence-corrected chi connectivity index (χ0v) is 14.0. The first-order chi connectivity index (χ1) is 12.1. The van der Waals surface area contributed by atoms with Gasteiger partial charge in [0, 0.05) is 0 Å². The first-order valence-corrected chi connectivity index (χ1v) is 7.84. The summed E-state index contributed by atoms with van der Waals surface area (Å²) in [7, 11) is 1.60. The molecule has 1 amide bonds. The van der Waals surface area contributed by atoms with Crippen LogP contribution in [0.25, 0.3) is 10.9 Å². The average Bonchev–Trinajstić information content (AvgIpc) is 2.64. The van der Waals surface area contributed by atoms with Gasteiger partial charge in [-0.25, -0.2) is 4.68 Å². The molecule has 25 heavy (non-hydrogen) atoms. The van der Waals surface area contributed by atoms with E-state index in [1.54, 1.807) is 31.4 Å². The van der Waals surface area contributed by atoms with Crippen LogP contribution in [0.1, 0.15) is 18.5 Å². The number of hydrogen-bond acceptors (Lipinski definition) is 5. The van der Waals surface area contributed by atoms with Crippen molar-refractivity contribution < 1.29 is 9.53 Å². The molecule has 1 unspecified atom stereocenters. The van der Waals surface area contributed by atoms with Crippen molar-refractivity contribution in [2.75, 3.05) is 7.11 Å². The maximum Gasteiger partial charge on any atom is 0.278 e. The Balaban J connectivity index is 1.71. The molecule has 2 aromatic carbocycles. The highest BCUT2D eigenvalue weighted by atomic mass is 16.5. The molecular formula is C18H18N4O3. The summed E-state index contributed by atoms with van der Waals surface area (Å²) in [6.07, 6.45) is 0. The van der Waals surface area contributed by atoms with E-state index in [4.69, 9.17) is 4.74 Å². The Morgan fingerprint density at radius 2 is 1.92 bits per heavy atom. The Hall–Kier alpha value is -3.22. The minimum absolute atomic E-state index is 0.183. The molecule has 1 atom stereocenters. The topological polar surface area (TPSA) is 86.1 Å². The van der Waals surface area contributed by atoms with Crippen molar-refractivity contribution in [1.82, 2.24) is 20.3 Å².